The number of hydrogen-bond acceptors (Lipinski definition) is 13. The van der Waals surface area contributed by atoms with E-state index in [0.29, 0.717) is 50.5 Å². The van der Waals surface area contributed by atoms with E-state index in [9.17, 15) is 19.2 Å². The second-order valence-electron chi connectivity index (χ2n) is 24.6. The van der Waals surface area contributed by atoms with E-state index in [1.165, 1.54) is 0 Å². The van der Waals surface area contributed by atoms with E-state index in [-0.39, 0.29) is 121 Å². The number of rotatable bonds is 39. The van der Waals surface area contributed by atoms with Crippen LogP contribution in [0.5, 0.6) is 0 Å². The summed E-state index contributed by atoms with van der Waals surface area (Å²) in [6.07, 6.45) is 6.94. The predicted molar refractivity (Wildman–Crippen MR) is 385 cm³/mol. The van der Waals surface area contributed by atoms with E-state index in [1.807, 2.05) is 84.9 Å². The van der Waals surface area contributed by atoms with Crippen LogP contribution in [0.25, 0.3) is 43.6 Å². The summed E-state index contributed by atoms with van der Waals surface area (Å²) in [6.45, 7) is 0.507. The Kier molecular flexibility index (Phi) is 26.9. The van der Waals surface area contributed by atoms with Crippen molar-refractivity contribution in [2.24, 2.45) is 34.4 Å². The van der Waals surface area contributed by atoms with Crippen LogP contribution in [0, 0.1) is 21.6 Å². The van der Waals surface area contributed by atoms with Crippen molar-refractivity contribution in [1.82, 2.24) is 78.4 Å². The summed E-state index contributed by atoms with van der Waals surface area (Å²) in [5, 5.41) is 64.2. The summed E-state index contributed by atoms with van der Waals surface area (Å²) in [5.74, 6) is -7.87. The molecule has 0 aliphatic carbocycles. The van der Waals surface area contributed by atoms with Gasteiger partial charge in [0, 0.05) is 120 Å². The Morgan fingerprint density at radius 2 is 0.545 bits per heavy atom. The summed E-state index contributed by atoms with van der Waals surface area (Å²) in [4.78, 5) is 130. The van der Waals surface area contributed by atoms with Crippen molar-refractivity contribution in [3.05, 3.63) is 144 Å². The van der Waals surface area contributed by atoms with Gasteiger partial charge in [-0.1, -0.05) is 72.8 Å². The maximum Gasteiger partial charge on any atom is 0.243 e. The van der Waals surface area contributed by atoms with Gasteiger partial charge >= 0.3 is 0 Å². The lowest BCUT2D eigenvalue weighted by Crippen LogP contribution is -2.61. The molecule has 0 radical (unpaired) electrons. The molecule has 0 saturated carbocycles. The number of carbonyl (C=O) groups is 8. The Bertz CT molecular complexity index is 4250. The molecule has 33 heteroatoms. The molecule has 8 aromatic rings. The average molecular weight is 1390 g/mol. The maximum absolute atomic E-state index is 15.4. The molecule has 8 rings (SSSR count). The molecular weight excluding hydrogens is 1290 g/mol. The zero-order valence-electron chi connectivity index (χ0n) is 55.7. The molecule has 31 N–H and O–H groups in total. The third-order valence-corrected chi connectivity index (χ3v) is 17.2. The number of nitrogens with one attached hydrogen (secondary N) is 19. The van der Waals surface area contributed by atoms with Gasteiger partial charge in [-0.05, 0) is 97.9 Å². The van der Waals surface area contributed by atoms with Crippen LogP contribution in [0.1, 0.15) is 73.6 Å². The third kappa shape index (κ3) is 21.9. The second kappa shape index (κ2) is 36.4. The number of amides is 8. The standard InChI is InChI=1S/C68H91N25O8/c69-45(17-9-25-79-65(71)72)58(95)91-54(30-38-34-84-47-19-6-2-14-42(38)47)62(99)88-51(23-11-27-81-67(75)76)60(97)93-56(32-40-36-86-49-21-8-4-16-44(40)49)64(101)89-52(24-12-28-82-68(77)78)61(98)92-55(31-39-35-85-48-20-7-3-15-43(39)48)63(100)87-50(22-10-26-80-66(73)74)59(96)90-53(57(70)94)29-37-33-83-46-18-5-1-13-41(37)46/h1-8,13-16,18-21,33-36,45,50-56,83-86H,9-12,17,22-32,69H2,(H2,70,94)(H,87,100)(H,88,99)(H,89,101)(H,90,96)(H,91,95)(H,92,98)(H,93,97)(H4,71,72,79)(H4,73,74,80)(H4,75,76,81)(H4,77,78,82)/t45-,50-,51-,52-,53-,54-,55-,56-/m0/s1. The lowest BCUT2D eigenvalue weighted by atomic mass is 10.0. The number of para-hydroxylation sites is 4. The van der Waals surface area contributed by atoms with Crippen molar-refractivity contribution in [3.8, 4) is 0 Å². The van der Waals surface area contributed by atoms with Crippen LogP contribution in [0.3, 0.4) is 0 Å². The van der Waals surface area contributed by atoms with Crippen LogP contribution >= 0.6 is 0 Å². The van der Waals surface area contributed by atoms with Crippen LogP contribution in [0.15, 0.2) is 122 Å². The molecule has 0 fully saturated rings. The van der Waals surface area contributed by atoms with E-state index in [1.54, 1.807) is 36.9 Å². The molecule has 0 spiro atoms. The quantitative estimate of drug-likeness (QED) is 0.0127. The normalized spacial score (nSPS) is 13.6. The fraction of sp³-hybridized carbons (Fsp3) is 0.353. The van der Waals surface area contributed by atoms with Crippen LogP contribution in [-0.4, -0.2) is 166 Å². The van der Waals surface area contributed by atoms with E-state index in [0.717, 1.165) is 21.8 Å². The molecule has 4 aromatic carbocycles. The molecule has 4 aromatic heterocycles. The highest BCUT2D eigenvalue weighted by Gasteiger charge is 2.36. The van der Waals surface area contributed by atoms with Gasteiger partial charge in [0.15, 0.2) is 23.8 Å². The van der Waals surface area contributed by atoms with Crippen molar-refractivity contribution >= 4 is 115 Å². The maximum atomic E-state index is 15.4. The molecule has 4 heterocycles. The molecule has 536 valence electrons. The van der Waals surface area contributed by atoms with Gasteiger partial charge in [0.2, 0.25) is 47.3 Å². The SMILES string of the molecule is N=C(N)NCCC[C@H](NC(=O)[C@H](Cc1c[nH]c2ccccc12)NC(=O)[C@H](CCCNC(=N)N)NC(=O)[C@H](Cc1c[nH]c2ccccc12)NC(=O)[C@H](CCCNC(=N)N)NC(=O)[C@H](Cc1c[nH]c2ccccc12)NC(=O)[C@@H](N)CCCNC(=N)N)C(=O)N[C@@H](Cc1c[nH]c2ccccc12)C(N)=O. The Hall–Kier alpha value is -12.2. The Morgan fingerprint density at radius 3 is 0.822 bits per heavy atom. The van der Waals surface area contributed by atoms with Gasteiger partial charge in [-0.25, -0.2) is 0 Å². The first-order chi connectivity index (χ1) is 48.5. The van der Waals surface area contributed by atoms with Crippen LogP contribution in [0.4, 0.5) is 0 Å². The first kappa shape index (κ1) is 74.6. The largest absolute Gasteiger partial charge is 0.370 e. The zero-order chi connectivity index (χ0) is 72.5. The molecule has 0 bridgehead atoms. The monoisotopic (exact) mass is 1390 g/mol. The molecule has 8 amide bonds. The predicted octanol–water partition coefficient (Wildman–Crippen LogP) is -0.858. The van der Waals surface area contributed by atoms with E-state index in [4.69, 9.17) is 56.0 Å². The number of primary amides is 1. The first-order valence-electron chi connectivity index (χ1n) is 33.2. The smallest absolute Gasteiger partial charge is 0.243 e. The highest BCUT2D eigenvalue weighted by Crippen LogP contribution is 2.24. The Balaban J connectivity index is 1.10. The van der Waals surface area contributed by atoms with Gasteiger partial charge in [0.25, 0.3) is 0 Å². The molecule has 33 nitrogen and oxygen atoms in total. The number of H-pyrrole nitrogens is 4. The van der Waals surface area contributed by atoms with Crippen molar-refractivity contribution in [2.75, 3.05) is 26.2 Å². The first-order valence-corrected chi connectivity index (χ1v) is 33.2. The lowest BCUT2D eigenvalue weighted by molar-refractivity contribution is -0.135. The number of aromatic amines is 4. The summed E-state index contributed by atoms with van der Waals surface area (Å²) in [6, 6.07) is 18.2. The van der Waals surface area contributed by atoms with Crippen molar-refractivity contribution in [2.45, 2.75) is 125 Å². The zero-order valence-corrected chi connectivity index (χ0v) is 55.7. The fourth-order valence-electron chi connectivity index (χ4n) is 11.9. The van der Waals surface area contributed by atoms with E-state index >= 15 is 19.2 Å². The topological polar surface area (TPSA) is 584 Å². The van der Waals surface area contributed by atoms with E-state index < -0.39 is 95.6 Å². The number of hydrogen-bond donors (Lipinski definition) is 25. The van der Waals surface area contributed by atoms with Crippen molar-refractivity contribution in [1.29, 1.82) is 21.6 Å². The molecule has 0 aliphatic rings. The number of benzene rings is 4. The third-order valence-electron chi connectivity index (χ3n) is 17.2. The van der Waals surface area contributed by atoms with Gasteiger partial charge in [-0.15, -0.1) is 0 Å². The number of fused-ring (bicyclic) bond motifs is 4. The fourth-order valence-corrected chi connectivity index (χ4v) is 11.9. The highest BCUT2D eigenvalue weighted by atomic mass is 16.2. The van der Waals surface area contributed by atoms with E-state index in [2.05, 4.69) is 78.4 Å². The Labute approximate surface area is 580 Å². The van der Waals surface area contributed by atoms with Gasteiger partial charge in [0.05, 0.1) is 6.04 Å². The molecule has 0 unspecified atom stereocenters. The summed E-state index contributed by atoms with van der Waals surface area (Å²) in [7, 11) is 0. The van der Waals surface area contributed by atoms with Gasteiger partial charge in [-0.2, -0.15) is 0 Å². The van der Waals surface area contributed by atoms with Crippen LogP contribution in [-0.2, 0) is 64.0 Å². The van der Waals surface area contributed by atoms with Gasteiger partial charge < -0.3 is 113 Å². The molecule has 0 saturated heterocycles. The second-order valence-corrected chi connectivity index (χ2v) is 24.6. The summed E-state index contributed by atoms with van der Waals surface area (Å²) < 4.78 is 0. The van der Waals surface area contributed by atoms with Crippen molar-refractivity contribution < 1.29 is 38.4 Å². The minimum atomic E-state index is -1.51. The molecule has 0 aliphatic heterocycles. The minimum absolute atomic E-state index is 0.00903. The van der Waals surface area contributed by atoms with Crippen LogP contribution < -0.4 is 92.9 Å². The average Bonchev–Trinajstić information content (AvgIpc) is 1.71. The highest BCUT2D eigenvalue weighted by molar-refractivity contribution is 5.99. The number of nitrogens with two attached hydrogens (primary N) is 6. The summed E-state index contributed by atoms with van der Waals surface area (Å²) in [5.41, 5.74) is 40.0. The van der Waals surface area contributed by atoms with Gasteiger partial charge in [-0.3, -0.25) is 60.0 Å². The van der Waals surface area contributed by atoms with Crippen LogP contribution in [0.2, 0.25) is 0 Å². The number of guanidine groups is 4. The van der Waals surface area contributed by atoms with Crippen molar-refractivity contribution in [3.63, 3.8) is 0 Å². The Morgan fingerprint density at radius 1 is 0.317 bits per heavy atom. The molecule has 101 heavy (non-hydrogen) atoms. The number of aromatic nitrogens is 4. The molecular formula is C68H91N25O8. The summed E-state index contributed by atoms with van der Waals surface area (Å²) >= 11 is 0. The minimum Gasteiger partial charge on any atom is -0.370 e. The number of carbonyl (C=O) groups excluding carboxylic acids is 8. The molecule has 8 atom stereocenters. The lowest BCUT2D eigenvalue weighted by Gasteiger charge is -2.28. The van der Waals surface area contributed by atoms with Gasteiger partial charge in [0.1, 0.15) is 42.3 Å².